The van der Waals surface area contributed by atoms with Gasteiger partial charge in [0, 0.05) is 12.3 Å². The second kappa shape index (κ2) is 5.13. The van der Waals surface area contributed by atoms with Gasteiger partial charge in [0.05, 0.1) is 21.7 Å². The average molecular weight is 294 g/mol. The summed E-state index contributed by atoms with van der Waals surface area (Å²) >= 11 is 0. The fourth-order valence-corrected chi connectivity index (χ4v) is 2.55. The summed E-state index contributed by atoms with van der Waals surface area (Å²) in [6, 6.07) is 6.35. The van der Waals surface area contributed by atoms with Gasteiger partial charge in [0.25, 0.3) is 15.7 Å². The number of rotatable bonds is 4. The van der Waals surface area contributed by atoms with E-state index in [9.17, 15) is 18.5 Å². The molecule has 0 bridgehead atoms. The van der Waals surface area contributed by atoms with E-state index >= 15 is 0 Å². The van der Waals surface area contributed by atoms with E-state index in [1.165, 1.54) is 30.6 Å². The molecule has 0 saturated heterocycles. The maximum absolute atomic E-state index is 12.1. The standard InChI is InChI=1S/C11H10N4O4S/c12-10-4-3-9(6-11(10)15(16)17)20(18,19)14-8-2-1-5-13-7-8/h1-7,14H,12H2. The molecule has 8 nitrogen and oxygen atoms in total. The molecule has 1 aromatic carbocycles. The fourth-order valence-electron chi connectivity index (χ4n) is 1.49. The van der Waals surface area contributed by atoms with Crippen molar-refractivity contribution in [2.75, 3.05) is 10.5 Å². The Kier molecular flexibility index (Phi) is 3.53. The van der Waals surface area contributed by atoms with Crippen molar-refractivity contribution in [1.29, 1.82) is 0 Å². The summed E-state index contributed by atoms with van der Waals surface area (Å²) in [5.74, 6) is 0. The van der Waals surface area contributed by atoms with Gasteiger partial charge in [0.1, 0.15) is 5.69 Å². The molecular formula is C11H10N4O4S. The predicted molar refractivity (Wildman–Crippen MR) is 72.6 cm³/mol. The number of anilines is 2. The van der Waals surface area contributed by atoms with Crippen molar-refractivity contribution in [3.63, 3.8) is 0 Å². The van der Waals surface area contributed by atoms with E-state index in [1.54, 1.807) is 6.07 Å². The molecule has 0 amide bonds. The SMILES string of the molecule is Nc1ccc(S(=O)(=O)Nc2cccnc2)cc1[N+](=O)[O-]. The van der Waals surface area contributed by atoms with Crippen LogP contribution < -0.4 is 10.5 Å². The maximum Gasteiger partial charge on any atom is 0.293 e. The Labute approximate surface area is 114 Å². The number of hydrogen-bond donors (Lipinski definition) is 2. The summed E-state index contributed by atoms with van der Waals surface area (Å²) in [5.41, 5.74) is 5.12. The van der Waals surface area contributed by atoms with Crippen LogP contribution in [0.1, 0.15) is 0 Å². The highest BCUT2D eigenvalue weighted by atomic mass is 32.2. The molecule has 1 heterocycles. The molecule has 1 aromatic heterocycles. The van der Waals surface area contributed by atoms with Crippen LogP contribution in [0, 0.1) is 10.1 Å². The molecule has 0 fully saturated rings. The van der Waals surface area contributed by atoms with E-state index in [0.29, 0.717) is 0 Å². The molecule has 20 heavy (non-hydrogen) atoms. The van der Waals surface area contributed by atoms with Gasteiger partial charge in [-0.25, -0.2) is 8.42 Å². The number of nitro benzene ring substituents is 1. The summed E-state index contributed by atoms with van der Waals surface area (Å²) in [6.45, 7) is 0. The smallest absolute Gasteiger partial charge is 0.293 e. The van der Waals surface area contributed by atoms with E-state index in [0.717, 1.165) is 6.07 Å². The quantitative estimate of drug-likeness (QED) is 0.498. The van der Waals surface area contributed by atoms with Gasteiger partial charge in [-0.1, -0.05) is 0 Å². The molecule has 0 radical (unpaired) electrons. The van der Waals surface area contributed by atoms with Gasteiger partial charge < -0.3 is 5.73 Å². The fraction of sp³-hybridized carbons (Fsp3) is 0. The van der Waals surface area contributed by atoms with Gasteiger partial charge in [-0.3, -0.25) is 19.8 Å². The third kappa shape index (κ3) is 2.83. The summed E-state index contributed by atoms with van der Waals surface area (Å²) in [4.78, 5) is 13.5. The normalized spacial score (nSPS) is 11.0. The number of pyridine rings is 1. The molecule has 0 aliphatic heterocycles. The zero-order valence-corrected chi connectivity index (χ0v) is 10.9. The Morgan fingerprint density at radius 1 is 1.30 bits per heavy atom. The predicted octanol–water partition coefficient (Wildman–Crippen LogP) is 1.37. The Bertz CT molecular complexity index is 746. The number of nitrogens with one attached hydrogen (secondary N) is 1. The Balaban J connectivity index is 2.40. The molecule has 0 aliphatic carbocycles. The van der Waals surface area contributed by atoms with E-state index < -0.39 is 20.6 Å². The van der Waals surface area contributed by atoms with Gasteiger partial charge in [0.15, 0.2) is 0 Å². The second-order valence-corrected chi connectivity index (χ2v) is 5.51. The largest absolute Gasteiger partial charge is 0.393 e. The van der Waals surface area contributed by atoms with E-state index in [4.69, 9.17) is 5.73 Å². The Morgan fingerprint density at radius 3 is 2.65 bits per heavy atom. The first-order valence-corrected chi connectivity index (χ1v) is 6.85. The number of nitrogen functional groups attached to an aromatic ring is 1. The summed E-state index contributed by atoms with van der Waals surface area (Å²) in [5, 5.41) is 10.8. The lowest BCUT2D eigenvalue weighted by Crippen LogP contribution is -2.13. The van der Waals surface area contributed by atoms with Crippen LogP contribution in [0.25, 0.3) is 0 Å². The summed E-state index contributed by atoms with van der Waals surface area (Å²) in [6.07, 6.45) is 2.81. The van der Waals surface area contributed by atoms with E-state index in [2.05, 4.69) is 9.71 Å². The molecule has 9 heteroatoms. The lowest BCUT2D eigenvalue weighted by Gasteiger charge is -2.07. The molecule has 2 rings (SSSR count). The van der Waals surface area contributed by atoms with Gasteiger partial charge in [0.2, 0.25) is 0 Å². The van der Waals surface area contributed by atoms with Crippen molar-refractivity contribution in [1.82, 2.24) is 4.98 Å². The lowest BCUT2D eigenvalue weighted by molar-refractivity contribution is -0.384. The van der Waals surface area contributed by atoms with Crippen LogP contribution in [-0.4, -0.2) is 18.3 Å². The minimum Gasteiger partial charge on any atom is -0.393 e. The highest BCUT2D eigenvalue weighted by molar-refractivity contribution is 7.92. The summed E-state index contributed by atoms with van der Waals surface area (Å²) in [7, 11) is -3.94. The monoisotopic (exact) mass is 294 g/mol. The highest BCUT2D eigenvalue weighted by Gasteiger charge is 2.20. The number of nitro groups is 1. The molecule has 0 atom stereocenters. The van der Waals surface area contributed by atoms with Crippen LogP contribution in [0.5, 0.6) is 0 Å². The topological polar surface area (TPSA) is 128 Å². The van der Waals surface area contributed by atoms with Crippen LogP contribution in [0.3, 0.4) is 0 Å². The minimum atomic E-state index is -3.94. The number of hydrogen-bond acceptors (Lipinski definition) is 6. The average Bonchev–Trinajstić information content (AvgIpc) is 2.39. The molecule has 0 spiro atoms. The summed E-state index contributed by atoms with van der Waals surface area (Å²) < 4.78 is 26.4. The third-order valence-corrected chi connectivity index (χ3v) is 3.80. The van der Waals surface area contributed by atoms with Gasteiger partial charge in [-0.05, 0) is 24.3 Å². The van der Waals surface area contributed by atoms with Crippen molar-refractivity contribution in [2.24, 2.45) is 0 Å². The number of aromatic nitrogens is 1. The first-order valence-electron chi connectivity index (χ1n) is 5.37. The van der Waals surface area contributed by atoms with Crippen molar-refractivity contribution < 1.29 is 13.3 Å². The van der Waals surface area contributed by atoms with Crippen LogP contribution in [0.4, 0.5) is 17.1 Å². The zero-order chi connectivity index (χ0) is 14.8. The van der Waals surface area contributed by atoms with Crippen molar-refractivity contribution in [3.05, 3.63) is 52.8 Å². The van der Waals surface area contributed by atoms with E-state index in [1.807, 2.05) is 0 Å². The lowest BCUT2D eigenvalue weighted by atomic mass is 10.3. The second-order valence-electron chi connectivity index (χ2n) is 3.82. The Hall–Kier alpha value is -2.68. The number of sulfonamides is 1. The van der Waals surface area contributed by atoms with Gasteiger partial charge >= 0.3 is 0 Å². The number of benzene rings is 1. The third-order valence-electron chi connectivity index (χ3n) is 2.42. The highest BCUT2D eigenvalue weighted by Crippen LogP contribution is 2.25. The maximum atomic E-state index is 12.1. The zero-order valence-electron chi connectivity index (χ0n) is 10.1. The van der Waals surface area contributed by atoms with Gasteiger partial charge in [-0.2, -0.15) is 0 Å². The molecule has 0 saturated carbocycles. The van der Waals surface area contributed by atoms with Crippen LogP contribution in [0.2, 0.25) is 0 Å². The van der Waals surface area contributed by atoms with Crippen LogP contribution >= 0.6 is 0 Å². The van der Waals surface area contributed by atoms with Crippen molar-refractivity contribution >= 4 is 27.1 Å². The minimum absolute atomic E-state index is 0.102. The van der Waals surface area contributed by atoms with Crippen LogP contribution in [-0.2, 0) is 10.0 Å². The van der Waals surface area contributed by atoms with Crippen LogP contribution in [0.15, 0.2) is 47.6 Å². The van der Waals surface area contributed by atoms with Crippen molar-refractivity contribution in [3.8, 4) is 0 Å². The molecular weight excluding hydrogens is 284 g/mol. The van der Waals surface area contributed by atoms with Crippen molar-refractivity contribution in [2.45, 2.75) is 4.90 Å². The van der Waals surface area contributed by atoms with E-state index in [-0.39, 0.29) is 16.3 Å². The number of nitrogens with zero attached hydrogens (tertiary/aromatic N) is 2. The molecule has 0 unspecified atom stereocenters. The number of nitrogens with two attached hydrogens (primary N) is 1. The molecule has 104 valence electrons. The van der Waals surface area contributed by atoms with Gasteiger partial charge in [-0.15, -0.1) is 0 Å². The molecule has 2 aromatic rings. The Morgan fingerprint density at radius 2 is 2.05 bits per heavy atom. The molecule has 0 aliphatic rings. The first-order chi connectivity index (χ1) is 9.40. The first kappa shape index (κ1) is 13.7. The molecule has 3 N–H and O–H groups in total.